The molecular weight excluding hydrogens is 434 g/mol. The van der Waals surface area contributed by atoms with E-state index >= 15 is 0 Å². The fraction of sp³-hybridized carbons (Fsp3) is 0.111. The van der Waals surface area contributed by atoms with E-state index in [0.717, 1.165) is 24.0 Å². The number of rotatable bonds is 5. The number of benzene rings is 3. The second-order valence-corrected chi connectivity index (χ2v) is 8.84. The zero-order valence-electron chi connectivity index (χ0n) is 18.5. The Kier molecular flexibility index (Phi) is 7.87. The molecule has 0 saturated carbocycles. The number of aldehydes is 1. The van der Waals surface area contributed by atoms with Gasteiger partial charge in [-0.2, -0.15) is 4.57 Å². The van der Waals surface area contributed by atoms with E-state index in [1.807, 2.05) is 31.2 Å². The van der Waals surface area contributed by atoms with Gasteiger partial charge in [0.1, 0.15) is 22.9 Å². The van der Waals surface area contributed by atoms with Crippen molar-refractivity contribution in [2.45, 2.75) is 25.3 Å². The minimum atomic E-state index is -4.27. The highest BCUT2D eigenvalue weighted by molar-refractivity contribution is 7.85. The Bertz CT molecular complexity index is 1370. The van der Waals surface area contributed by atoms with Gasteiger partial charge in [0, 0.05) is 17.7 Å². The van der Waals surface area contributed by atoms with E-state index in [9.17, 15) is 17.8 Å². The van der Waals surface area contributed by atoms with Crippen molar-refractivity contribution in [1.82, 2.24) is 0 Å². The lowest BCUT2D eigenvalue weighted by Gasteiger charge is -2.05. The Balaban J connectivity index is 0.000000235. The first-order valence-corrected chi connectivity index (χ1v) is 11.9. The summed E-state index contributed by atoms with van der Waals surface area (Å²) in [5.41, 5.74) is 5.15. The predicted octanol–water partition coefficient (Wildman–Crippen LogP) is 5.03. The SMILES string of the molecule is CC[n+]1ccc(C=Cc2ccc(C=O)cc2)c2ccccc21.Cc1ccc(S(=O)(=O)[O-])cc1. The first-order chi connectivity index (χ1) is 15.8. The highest BCUT2D eigenvalue weighted by atomic mass is 32.2. The Labute approximate surface area is 194 Å². The lowest BCUT2D eigenvalue weighted by atomic mass is 10.1. The molecule has 33 heavy (non-hydrogen) atoms. The van der Waals surface area contributed by atoms with Gasteiger partial charge >= 0.3 is 0 Å². The summed E-state index contributed by atoms with van der Waals surface area (Å²) in [6, 6.07) is 23.9. The van der Waals surface area contributed by atoms with Crippen LogP contribution in [0.3, 0.4) is 0 Å². The average molecular weight is 460 g/mol. The van der Waals surface area contributed by atoms with Crippen LogP contribution in [0.2, 0.25) is 0 Å². The maximum absolute atomic E-state index is 10.7. The number of fused-ring (bicyclic) bond motifs is 1. The quantitative estimate of drug-likeness (QED) is 0.238. The molecule has 4 aromatic rings. The molecule has 168 valence electrons. The van der Waals surface area contributed by atoms with Crippen LogP contribution in [0.15, 0.2) is 90.0 Å². The van der Waals surface area contributed by atoms with Gasteiger partial charge in [-0.05, 0) is 43.2 Å². The molecule has 4 rings (SSSR count). The summed E-state index contributed by atoms with van der Waals surface area (Å²) >= 11 is 0. The third-order valence-corrected chi connectivity index (χ3v) is 5.99. The maximum Gasteiger partial charge on any atom is 0.213 e. The van der Waals surface area contributed by atoms with Gasteiger partial charge < -0.3 is 4.55 Å². The van der Waals surface area contributed by atoms with Gasteiger partial charge in [-0.15, -0.1) is 0 Å². The molecule has 5 nitrogen and oxygen atoms in total. The molecule has 0 bridgehead atoms. The Morgan fingerprint density at radius 3 is 2.09 bits per heavy atom. The number of hydrogen-bond donors (Lipinski definition) is 0. The van der Waals surface area contributed by atoms with E-state index in [1.165, 1.54) is 28.6 Å². The number of aryl methyl sites for hydroxylation is 2. The van der Waals surface area contributed by atoms with Crippen LogP contribution in [0, 0.1) is 6.92 Å². The van der Waals surface area contributed by atoms with Crippen molar-refractivity contribution in [2.75, 3.05) is 0 Å². The van der Waals surface area contributed by atoms with Gasteiger partial charge in [-0.1, -0.05) is 66.2 Å². The molecule has 0 unspecified atom stereocenters. The highest BCUT2D eigenvalue weighted by Gasteiger charge is 2.08. The van der Waals surface area contributed by atoms with Crippen molar-refractivity contribution in [3.63, 3.8) is 0 Å². The smallest absolute Gasteiger partial charge is 0.213 e. The standard InChI is InChI=1S/C20H18NO.C7H8O3S/c1-2-21-14-13-18(19-5-3-4-6-20(19)21)12-11-16-7-9-17(15-22)10-8-16;1-6-2-4-7(5-3-6)11(8,9)10/h3-15H,2H2,1H3;2-5H,1H3,(H,8,9,10)/q+1;/p-1. The predicted molar refractivity (Wildman–Crippen MR) is 130 cm³/mol. The first-order valence-electron chi connectivity index (χ1n) is 10.5. The van der Waals surface area contributed by atoms with E-state index in [-0.39, 0.29) is 4.90 Å². The normalized spacial score (nSPS) is 11.2. The van der Waals surface area contributed by atoms with Crippen LogP contribution in [-0.2, 0) is 16.7 Å². The molecule has 0 spiro atoms. The van der Waals surface area contributed by atoms with Crippen molar-refractivity contribution in [3.8, 4) is 0 Å². The summed E-state index contributed by atoms with van der Waals surface area (Å²) in [6.07, 6.45) is 7.18. The van der Waals surface area contributed by atoms with Gasteiger partial charge in [0.15, 0.2) is 6.20 Å². The van der Waals surface area contributed by atoms with Crippen LogP contribution in [0.1, 0.15) is 34.0 Å². The molecule has 0 atom stereocenters. The van der Waals surface area contributed by atoms with Crippen LogP contribution >= 0.6 is 0 Å². The topological polar surface area (TPSA) is 78.1 Å². The molecule has 3 aromatic carbocycles. The Hall–Kier alpha value is -3.61. The zero-order valence-corrected chi connectivity index (χ0v) is 19.3. The fourth-order valence-electron chi connectivity index (χ4n) is 3.31. The van der Waals surface area contributed by atoms with Crippen LogP contribution in [-0.4, -0.2) is 19.3 Å². The number of nitrogens with zero attached hydrogens (tertiary/aromatic N) is 1. The number of carbonyl (C=O) groups is 1. The number of pyridine rings is 1. The largest absolute Gasteiger partial charge is 0.744 e. The molecule has 0 N–H and O–H groups in total. The number of para-hydroxylation sites is 1. The summed E-state index contributed by atoms with van der Waals surface area (Å²) in [5.74, 6) is 0. The van der Waals surface area contributed by atoms with E-state index in [0.29, 0.717) is 5.56 Å². The monoisotopic (exact) mass is 459 g/mol. The molecule has 0 aliphatic carbocycles. The van der Waals surface area contributed by atoms with Gasteiger partial charge in [0.2, 0.25) is 5.52 Å². The van der Waals surface area contributed by atoms with E-state index in [4.69, 9.17) is 0 Å². The maximum atomic E-state index is 10.7. The van der Waals surface area contributed by atoms with Crippen LogP contribution < -0.4 is 4.57 Å². The van der Waals surface area contributed by atoms with Crippen molar-refractivity contribution in [1.29, 1.82) is 0 Å². The van der Waals surface area contributed by atoms with E-state index in [2.05, 4.69) is 60.2 Å². The number of hydrogen-bond acceptors (Lipinski definition) is 4. The van der Waals surface area contributed by atoms with Gasteiger partial charge in [-0.3, -0.25) is 4.79 Å². The van der Waals surface area contributed by atoms with Gasteiger partial charge in [-0.25, -0.2) is 8.42 Å². The van der Waals surface area contributed by atoms with Crippen LogP contribution in [0.5, 0.6) is 0 Å². The highest BCUT2D eigenvalue weighted by Crippen LogP contribution is 2.18. The molecule has 0 aliphatic heterocycles. The molecule has 0 saturated heterocycles. The van der Waals surface area contributed by atoms with Crippen LogP contribution in [0.4, 0.5) is 0 Å². The molecule has 0 amide bonds. The van der Waals surface area contributed by atoms with Crippen molar-refractivity contribution in [2.24, 2.45) is 0 Å². The Morgan fingerprint density at radius 1 is 0.848 bits per heavy atom. The van der Waals surface area contributed by atoms with Crippen molar-refractivity contribution >= 4 is 39.5 Å². The molecular formula is C27H25NO4S. The summed E-state index contributed by atoms with van der Waals surface area (Å²) in [6.45, 7) is 4.93. The molecule has 0 aliphatic rings. The molecule has 0 fully saturated rings. The molecule has 0 radical (unpaired) electrons. The van der Waals surface area contributed by atoms with Crippen molar-refractivity contribution < 1.29 is 22.3 Å². The lowest BCUT2D eigenvalue weighted by Crippen LogP contribution is -2.32. The van der Waals surface area contributed by atoms with E-state index in [1.54, 1.807) is 12.1 Å². The summed E-state index contributed by atoms with van der Waals surface area (Å²) in [4.78, 5) is 10.5. The van der Waals surface area contributed by atoms with Crippen molar-refractivity contribution in [3.05, 3.63) is 107 Å². The molecule has 1 heterocycles. The lowest BCUT2D eigenvalue weighted by molar-refractivity contribution is -0.667. The Morgan fingerprint density at radius 2 is 1.48 bits per heavy atom. The molecule has 1 aromatic heterocycles. The average Bonchev–Trinajstić information content (AvgIpc) is 2.83. The summed E-state index contributed by atoms with van der Waals surface area (Å²) in [7, 11) is -4.27. The third-order valence-electron chi connectivity index (χ3n) is 5.14. The number of aromatic nitrogens is 1. The first kappa shape index (κ1) is 24.0. The second-order valence-electron chi connectivity index (χ2n) is 7.46. The van der Waals surface area contributed by atoms with Crippen LogP contribution in [0.25, 0.3) is 23.1 Å². The molecule has 6 heteroatoms. The number of carbonyl (C=O) groups excluding carboxylic acids is 1. The summed E-state index contributed by atoms with van der Waals surface area (Å²) in [5, 5.41) is 1.24. The summed E-state index contributed by atoms with van der Waals surface area (Å²) < 4.78 is 33.4. The third kappa shape index (κ3) is 6.44. The minimum absolute atomic E-state index is 0.178. The zero-order chi connectivity index (χ0) is 23.8. The fourth-order valence-corrected chi connectivity index (χ4v) is 3.78. The minimum Gasteiger partial charge on any atom is -0.744 e. The van der Waals surface area contributed by atoms with E-state index < -0.39 is 10.1 Å². The van der Waals surface area contributed by atoms with Gasteiger partial charge in [0.05, 0.1) is 10.3 Å². The van der Waals surface area contributed by atoms with Gasteiger partial charge in [0.25, 0.3) is 0 Å². The second kappa shape index (κ2) is 10.8.